The van der Waals surface area contributed by atoms with Gasteiger partial charge in [-0.1, -0.05) is 6.07 Å². The number of alkyl halides is 3. The molecule has 0 atom stereocenters. The largest absolute Gasteiger partial charge is 0.507 e. The van der Waals surface area contributed by atoms with Gasteiger partial charge in [0.15, 0.2) is 5.58 Å². The molecule has 3 aromatic rings. The molecule has 0 radical (unpaired) electrons. The van der Waals surface area contributed by atoms with Crippen molar-refractivity contribution in [3.63, 3.8) is 0 Å². The number of aromatic hydroxyl groups is 1. The van der Waals surface area contributed by atoms with Crippen molar-refractivity contribution in [2.75, 3.05) is 13.1 Å². The van der Waals surface area contributed by atoms with Crippen molar-refractivity contribution >= 4 is 11.0 Å². The number of ether oxygens (including phenoxy) is 1. The lowest BCUT2D eigenvalue weighted by molar-refractivity contribution is -0.913. The first-order valence-electron chi connectivity index (χ1n) is 11.5. The summed E-state index contributed by atoms with van der Waals surface area (Å²) in [4.78, 5) is 14.5. The van der Waals surface area contributed by atoms with E-state index in [2.05, 4.69) is 0 Å². The summed E-state index contributed by atoms with van der Waals surface area (Å²) in [6.07, 6.45) is -0.737. The lowest BCUT2D eigenvalue weighted by Crippen LogP contribution is -3.10. The molecule has 4 rings (SSSR count). The van der Waals surface area contributed by atoms with Crippen LogP contribution in [0.4, 0.5) is 13.2 Å². The van der Waals surface area contributed by atoms with Crippen LogP contribution in [0.5, 0.6) is 17.2 Å². The van der Waals surface area contributed by atoms with Gasteiger partial charge >= 0.3 is 6.18 Å². The molecule has 182 valence electrons. The molecule has 0 saturated carbocycles. The van der Waals surface area contributed by atoms with Gasteiger partial charge in [-0.05, 0) is 81.3 Å². The molecular formula is C26H29F3NO4+. The van der Waals surface area contributed by atoms with E-state index in [9.17, 15) is 23.1 Å². The van der Waals surface area contributed by atoms with E-state index in [4.69, 9.17) is 9.15 Å². The van der Waals surface area contributed by atoms with E-state index in [1.807, 2.05) is 13.0 Å². The van der Waals surface area contributed by atoms with Crippen molar-refractivity contribution in [1.29, 1.82) is 0 Å². The van der Waals surface area contributed by atoms with Crippen LogP contribution in [-0.4, -0.2) is 18.2 Å². The third kappa shape index (κ3) is 4.78. The number of benzene rings is 2. The second-order valence-electron chi connectivity index (χ2n) is 9.18. The van der Waals surface area contributed by atoms with Gasteiger partial charge in [0, 0.05) is 0 Å². The number of phenolic OH excluding ortho intramolecular Hbond substituents is 1. The maximum Gasteiger partial charge on any atom is 0.453 e. The predicted octanol–water partition coefficient (Wildman–Crippen LogP) is 5.19. The van der Waals surface area contributed by atoms with Crippen LogP contribution in [0.1, 0.15) is 53.7 Å². The Labute approximate surface area is 195 Å². The number of rotatable bonds is 4. The van der Waals surface area contributed by atoms with E-state index in [0.29, 0.717) is 5.56 Å². The Morgan fingerprint density at radius 3 is 2.38 bits per heavy atom. The number of fused-ring (bicyclic) bond motifs is 1. The Balaban J connectivity index is 1.89. The normalized spacial score (nSPS) is 15.5. The molecule has 1 aliphatic heterocycles. The number of aryl methyl sites for hydroxylation is 2. The number of quaternary nitrogens is 1. The molecule has 1 aliphatic rings. The summed E-state index contributed by atoms with van der Waals surface area (Å²) < 4.78 is 53.2. The van der Waals surface area contributed by atoms with Crippen molar-refractivity contribution in [3.05, 3.63) is 62.5 Å². The molecule has 0 amide bonds. The highest BCUT2D eigenvalue weighted by Gasteiger charge is 2.41. The standard InChI is InChI=1S/C26H28F3NO4/c1-15-12-16(2)17(3)21(13-15)33-24-22(32)18-8-9-20(31)19(14-30-10-6-4-5-7-11-30)23(18)34-25(24)26(27,28)29/h8-9,12-13,31H,4-7,10-11,14H2,1-3H3/p+1. The van der Waals surface area contributed by atoms with Crippen LogP contribution in [0.15, 0.2) is 33.5 Å². The van der Waals surface area contributed by atoms with Gasteiger partial charge in [-0.15, -0.1) is 0 Å². The third-order valence-corrected chi connectivity index (χ3v) is 6.57. The second-order valence-corrected chi connectivity index (χ2v) is 9.18. The minimum Gasteiger partial charge on any atom is -0.507 e. The number of halogens is 3. The van der Waals surface area contributed by atoms with E-state index in [1.165, 1.54) is 12.1 Å². The Hall–Kier alpha value is -3.00. The van der Waals surface area contributed by atoms with Crippen molar-refractivity contribution < 1.29 is 32.3 Å². The second kappa shape index (κ2) is 9.33. The molecule has 0 bridgehead atoms. The van der Waals surface area contributed by atoms with Gasteiger partial charge in [0.2, 0.25) is 11.2 Å². The number of hydrogen-bond acceptors (Lipinski definition) is 4. The number of nitrogens with one attached hydrogen (secondary N) is 1. The Morgan fingerprint density at radius 2 is 1.74 bits per heavy atom. The van der Waals surface area contributed by atoms with E-state index in [1.54, 1.807) is 19.9 Å². The van der Waals surface area contributed by atoms with Gasteiger partial charge in [-0.25, -0.2) is 0 Å². The van der Waals surface area contributed by atoms with Crippen molar-refractivity contribution in [2.24, 2.45) is 0 Å². The van der Waals surface area contributed by atoms with E-state index < -0.39 is 23.1 Å². The molecule has 2 heterocycles. The van der Waals surface area contributed by atoms with Gasteiger partial charge in [-0.3, -0.25) is 4.79 Å². The summed E-state index contributed by atoms with van der Waals surface area (Å²) >= 11 is 0. The molecule has 1 saturated heterocycles. The summed E-state index contributed by atoms with van der Waals surface area (Å²) in [5.41, 5.74) is 1.32. The van der Waals surface area contributed by atoms with E-state index >= 15 is 0 Å². The molecule has 2 N–H and O–H groups in total. The zero-order valence-electron chi connectivity index (χ0n) is 19.6. The first-order valence-corrected chi connectivity index (χ1v) is 11.5. The fraction of sp³-hybridized carbons (Fsp3) is 0.423. The van der Waals surface area contributed by atoms with Crippen LogP contribution in [-0.2, 0) is 12.7 Å². The average molecular weight is 477 g/mol. The van der Waals surface area contributed by atoms with Crippen molar-refractivity contribution in [3.8, 4) is 17.2 Å². The Morgan fingerprint density at radius 1 is 1.06 bits per heavy atom. The molecule has 5 nitrogen and oxygen atoms in total. The molecule has 34 heavy (non-hydrogen) atoms. The Bertz CT molecular complexity index is 1270. The molecule has 8 heteroatoms. The summed E-state index contributed by atoms with van der Waals surface area (Å²) in [6, 6.07) is 6.11. The minimum atomic E-state index is -4.96. The van der Waals surface area contributed by atoms with E-state index in [0.717, 1.165) is 54.8 Å². The summed E-state index contributed by atoms with van der Waals surface area (Å²) in [5, 5.41) is 10.5. The molecular weight excluding hydrogens is 447 g/mol. The third-order valence-electron chi connectivity index (χ3n) is 6.57. The fourth-order valence-corrected chi connectivity index (χ4v) is 4.61. The highest BCUT2D eigenvalue weighted by Crippen LogP contribution is 2.40. The van der Waals surface area contributed by atoms with Gasteiger partial charge in [-0.2, -0.15) is 13.2 Å². The zero-order valence-corrected chi connectivity index (χ0v) is 19.6. The SMILES string of the molecule is Cc1cc(C)c(C)c(Oc2c(C(F)(F)F)oc3c(C[NH+]4CCCCCC4)c(O)ccc3c2=O)c1. The quantitative estimate of drug-likeness (QED) is 0.544. The van der Waals surface area contributed by atoms with Gasteiger partial charge in [0.25, 0.3) is 5.76 Å². The number of likely N-dealkylation sites (tertiary alicyclic amines) is 1. The molecule has 2 aromatic carbocycles. The molecule has 0 aliphatic carbocycles. The molecule has 0 unspecified atom stereocenters. The van der Waals surface area contributed by atoms with Crippen LogP contribution in [0.2, 0.25) is 0 Å². The van der Waals surface area contributed by atoms with Crippen molar-refractivity contribution in [1.82, 2.24) is 0 Å². The monoisotopic (exact) mass is 476 g/mol. The molecule has 0 spiro atoms. The highest BCUT2D eigenvalue weighted by atomic mass is 19.4. The van der Waals surface area contributed by atoms with Crippen molar-refractivity contribution in [2.45, 2.75) is 59.2 Å². The highest BCUT2D eigenvalue weighted by molar-refractivity contribution is 5.83. The summed E-state index contributed by atoms with van der Waals surface area (Å²) in [7, 11) is 0. The van der Waals surface area contributed by atoms with Gasteiger partial charge in [0.05, 0.1) is 24.0 Å². The minimum absolute atomic E-state index is 0.0490. The lowest BCUT2D eigenvalue weighted by atomic mass is 10.1. The topological polar surface area (TPSA) is 64.1 Å². The molecule has 1 fully saturated rings. The van der Waals surface area contributed by atoms with Crippen LogP contribution < -0.4 is 15.1 Å². The maximum atomic E-state index is 14.1. The lowest BCUT2D eigenvalue weighted by Gasteiger charge is -2.20. The van der Waals surface area contributed by atoms with E-state index in [-0.39, 0.29) is 34.6 Å². The summed E-state index contributed by atoms with van der Waals surface area (Å²) in [5.74, 6) is -2.41. The van der Waals surface area contributed by atoms with Crippen LogP contribution in [0.25, 0.3) is 11.0 Å². The number of phenols is 1. The Kier molecular flexibility index (Phi) is 6.62. The van der Waals surface area contributed by atoms with Gasteiger partial charge in [0.1, 0.15) is 18.0 Å². The average Bonchev–Trinajstić information content (AvgIpc) is 3.03. The number of hydrogen-bond donors (Lipinski definition) is 2. The van der Waals surface area contributed by atoms with Crippen LogP contribution >= 0.6 is 0 Å². The molecule has 1 aromatic heterocycles. The fourth-order valence-electron chi connectivity index (χ4n) is 4.61. The first kappa shape index (κ1) is 24.1. The van der Waals surface area contributed by atoms with Gasteiger partial charge < -0.3 is 19.2 Å². The zero-order chi connectivity index (χ0) is 24.6. The van der Waals surface area contributed by atoms with Crippen LogP contribution in [0, 0.1) is 20.8 Å². The van der Waals surface area contributed by atoms with Crippen LogP contribution in [0.3, 0.4) is 0 Å². The first-order chi connectivity index (χ1) is 16.1. The maximum absolute atomic E-state index is 14.1. The smallest absolute Gasteiger partial charge is 0.453 e. The predicted molar refractivity (Wildman–Crippen MR) is 123 cm³/mol. The summed E-state index contributed by atoms with van der Waals surface area (Å²) in [6.45, 7) is 7.31.